The molecule has 0 aliphatic heterocycles. The highest BCUT2D eigenvalue weighted by molar-refractivity contribution is 6.31. The van der Waals surface area contributed by atoms with Gasteiger partial charge in [0.2, 0.25) is 0 Å². The van der Waals surface area contributed by atoms with Crippen LogP contribution in [0.2, 0.25) is 5.02 Å². The number of nitrogens with zero attached hydrogens (tertiary/aromatic N) is 2. The summed E-state index contributed by atoms with van der Waals surface area (Å²) in [6.45, 7) is 5.29. The summed E-state index contributed by atoms with van der Waals surface area (Å²) >= 11 is 6.63. The number of carbonyl (C=O) groups is 1. The predicted molar refractivity (Wildman–Crippen MR) is 123 cm³/mol. The number of imidazole rings is 1. The molecule has 0 saturated heterocycles. The summed E-state index contributed by atoms with van der Waals surface area (Å²) in [4.78, 5) is 16.8. The molecule has 0 spiro atoms. The summed E-state index contributed by atoms with van der Waals surface area (Å²) < 4.78 is 13.3. The number of ether oxygens (including phenoxy) is 2. The second-order valence-electron chi connectivity index (χ2n) is 8.17. The van der Waals surface area contributed by atoms with Gasteiger partial charge in [-0.2, -0.15) is 0 Å². The molecule has 1 heterocycles. The number of aromatic nitrogens is 2. The van der Waals surface area contributed by atoms with Gasteiger partial charge in [0.05, 0.1) is 42.5 Å². The third-order valence-corrected chi connectivity index (χ3v) is 6.29. The Morgan fingerprint density at radius 3 is 2.71 bits per heavy atom. The normalized spacial score (nSPS) is 14.8. The Morgan fingerprint density at radius 1 is 1.16 bits per heavy atom. The van der Waals surface area contributed by atoms with Gasteiger partial charge in [-0.05, 0) is 62.1 Å². The number of fused-ring (bicyclic) bond motifs is 1. The van der Waals surface area contributed by atoms with Crippen molar-refractivity contribution in [2.24, 2.45) is 0 Å². The fourth-order valence-electron chi connectivity index (χ4n) is 4.21. The van der Waals surface area contributed by atoms with E-state index in [0.717, 1.165) is 40.8 Å². The fraction of sp³-hybridized carbons (Fsp3) is 0.440. The van der Waals surface area contributed by atoms with Crippen molar-refractivity contribution in [3.8, 4) is 0 Å². The van der Waals surface area contributed by atoms with Crippen molar-refractivity contribution in [1.29, 1.82) is 0 Å². The first-order chi connectivity index (χ1) is 15.0. The number of aryl methyl sites for hydroxylation is 1. The van der Waals surface area contributed by atoms with E-state index in [1.165, 1.54) is 19.3 Å². The largest absolute Gasteiger partial charge is 0.462 e. The van der Waals surface area contributed by atoms with E-state index in [2.05, 4.69) is 21.7 Å². The van der Waals surface area contributed by atoms with Crippen molar-refractivity contribution >= 4 is 28.6 Å². The van der Waals surface area contributed by atoms with E-state index in [9.17, 15) is 4.79 Å². The third-order valence-electron chi connectivity index (χ3n) is 5.93. The fourth-order valence-corrected chi connectivity index (χ4v) is 4.47. The zero-order valence-corrected chi connectivity index (χ0v) is 19.0. The van der Waals surface area contributed by atoms with Crippen LogP contribution in [0.15, 0.2) is 36.4 Å². The van der Waals surface area contributed by atoms with Crippen molar-refractivity contribution in [3.05, 3.63) is 63.9 Å². The number of benzene rings is 2. The van der Waals surface area contributed by atoms with Crippen molar-refractivity contribution in [1.82, 2.24) is 9.55 Å². The van der Waals surface area contributed by atoms with Gasteiger partial charge in [-0.25, -0.2) is 9.78 Å². The van der Waals surface area contributed by atoms with Gasteiger partial charge in [0.25, 0.3) is 0 Å². The van der Waals surface area contributed by atoms with Crippen LogP contribution >= 0.6 is 11.6 Å². The van der Waals surface area contributed by atoms with Gasteiger partial charge in [0.15, 0.2) is 0 Å². The number of halogens is 1. The van der Waals surface area contributed by atoms with Gasteiger partial charge < -0.3 is 14.0 Å². The maximum absolute atomic E-state index is 12.1. The lowest BCUT2D eigenvalue weighted by molar-refractivity contribution is 0.0168. The molecule has 1 fully saturated rings. The summed E-state index contributed by atoms with van der Waals surface area (Å²) in [5.41, 5.74) is 4.36. The Balaban J connectivity index is 1.52. The summed E-state index contributed by atoms with van der Waals surface area (Å²) in [6.07, 6.45) is 6.55. The van der Waals surface area contributed by atoms with Gasteiger partial charge in [0.1, 0.15) is 5.82 Å². The van der Waals surface area contributed by atoms with E-state index < -0.39 is 0 Å². The zero-order chi connectivity index (χ0) is 21.8. The Labute approximate surface area is 188 Å². The van der Waals surface area contributed by atoms with Gasteiger partial charge in [-0.1, -0.05) is 43.0 Å². The monoisotopic (exact) mass is 440 g/mol. The van der Waals surface area contributed by atoms with E-state index in [-0.39, 0.29) is 5.97 Å². The molecule has 0 atom stereocenters. The maximum atomic E-state index is 12.1. The molecule has 0 amide bonds. The van der Waals surface area contributed by atoms with E-state index in [1.807, 2.05) is 25.1 Å². The Morgan fingerprint density at radius 2 is 1.97 bits per heavy atom. The van der Waals surface area contributed by atoms with Crippen LogP contribution in [-0.4, -0.2) is 28.2 Å². The quantitative estimate of drug-likeness (QED) is 0.418. The second-order valence-corrected chi connectivity index (χ2v) is 8.57. The molecular formula is C25H29ClN2O3. The molecular weight excluding hydrogens is 412 g/mol. The average molecular weight is 441 g/mol. The van der Waals surface area contributed by atoms with Crippen molar-refractivity contribution in [2.45, 2.75) is 65.2 Å². The van der Waals surface area contributed by atoms with Crippen molar-refractivity contribution in [3.63, 3.8) is 0 Å². The lowest BCUT2D eigenvalue weighted by Crippen LogP contribution is -2.16. The number of hydrogen-bond acceptors (Lipinski definition) is 4. The van der Waals surface area contributed by atoms with Crippen LogP contribution in [0.3, 0.4) is 0 Å². The summed E-state index contributed by atoms with van der Waals surface area (Å²) in [7, 11) is 0. The standard InChI is InChI=1S/C25H29ClN2O3/c1-3-30-25(29)19-11-12-23-24(14-19)28(17(2)27-23)15-20-10-9-18(13-22(20)26)16-31-21-7-5-4-6-8-21/h9-14,21H,3-8,15-16H2,1-2H3. The van der Waals surface area contributed by atoms with Gasteiger partial charge >= 0.3 is 5.97 Å². The molecule has 0 N–H and O–H groups in total. The molecule has 6 heteroatoms. The first-order valence-electron chi connectivity index (χ1n) is 11.1. The average Bonchev–Trinajstić information content (AvgIpc) is 3.09. The van der Waals surface area contributed by atoms with Crippen LogP contribution in [0.25, 0.3) is 11.0 Å². The molecule has 0 radical (unpaired) electrons. The van der Waals surface area contributed by atoms with Crippen LogP contribution in [0, 0.1) is 6.92 Å². The van der Waals surface area contributed by atoms with E-state index >= 15 is 0 Å². The molecule has 1 saturated carbocycles. The topological polar surface area (TPSA) is 53.3 Å². The molecule has 2 aromatic carbocycles. The molecule has 1 aromatic heterocycles. The number of hydrogen-bond donors (Lipinski definition) is 0. The van der Waals surface area contributed by atoms with Crippen LogP contribution in [0.4, 0.5) is 0 Å². The number of esters is 1. The Bertz CT molecular complexity index is 1070. The van der Waals surface area contributed by atoms with Crippen molar-refractivity contribution in [2.75, 3.05) is 6.61 Å². The highest BCUT2D eigenvalue weighted by atomic mass is 35.5. The first kappa shape index (κ1) is 21.8. The van der Waals surface area contributed by atoms with Crippen LogP contribution < -0.4 is 0 Å². The minimum Gasteiger partial charge on any atom is -0.462 e. The molecule has 0 unspecified atom stereocenters. The molecule has 1 aliphatic carbocycles. The number of rotatable bonds is 7. The van der Waals surface area contributed by atoms with Gasteiger partial charge in [-0.15, -0.1) is 0 Å². The minimum absolute atomic E-state index is 0.324. The van der Waals surface area contributed by atoms with E-state index in [4.69, 9.17) is 21.1 Å². The molecule has 5 nitrogen and oxygen atoms in total. The predicted octanol–water partition coefficient (Wildman–Crippen LogP) is 6.07. The lowest BCUT2D eigenvalue weighted by atomic mass is 9.98. The second kappa shape index (κ2) is 9.84. The SMILES string of the molecule is CCOC(=O)c1ccc2nc(C)n(Cc3ccc(COC4CCCCC4)cc3Cl)c2c1. The Hall–Kier alpha value is -2.37. The molecule has 164 valence electrons. The van der Waals surface area contributed by atoms with Crippen molar-refractivity contribution < 1.29 is 14.3 Å². The maximum Gasteiger partial charge on any atom is 0.338 e. The van der Waals surface area contributed by atoms with Crippen LogP contribution in [0.5, 0.6) is 0 Å². The lowest BCUT2D eigenvalue weighted by Gasteiger charge is -2.22. The van der Waals surface area contributed by atoms with E-state index in [1.54, 1.807) is 13.0 Å². The summed E-state index contributed by atoms with van der Waals surface area (Å²) in [5, 5.41) is 0.715. The third kappa shape index (κ3) is 5.10. The smallest absolute Gasteiger partial charge is 0.338 e. The highest BCUT2D eigenvalue weighted by Crippen LogP contribution is 2.26. The molecule has 1 aliphatic rings. The Kier molecular flexibility index (Phi) is 6.93. The molecule has 3 aromatic rings. The van der Waals surface area contributed by atoms with Gasteiger partial charge in [0, 0.05) is 5.02 Å². The molecule has 4 rings (SSSR count). The first-order valence-corrected chi connectivity index (χ1v) is 11.5. The van der Waals surface area contributed by atoms with Gasteiger partial charge in [-0.3, -0.25) is 0 Å². The summed E-state index contributed by atoms with van der Waals surface area (Å²) in [5.74, 6) is 0.548. The number of carbonyl (C=O) groups excluding carboxylic acids is 1. The minimum atomic E-state index is -0.324. The molecule has 0 bridgehead atoms. The van der Waals surface area contributed by atoms with Crippen LogP contribution in [-0.2, 0) is 22.6 Å². The summed E-state index contributed by atoms with van der Waals surface area (Å²) in [6, 6.07) is 11.6. The van der Waals surface area contributed by atoms with Crippen LogP contribution in [0.1, 0.15) is 66.3 Å². The molecule has 31 heavy (non-hydrogen) atoms. The highest BCUT2D eigenvalue weighted by Gasteiger charge is 2.16. The zero-order valence-electron chi connectivity index (χ0n) is 18.2. The van der Waals surface area contributed by atoms with E-state index in [0.29, 0.717) is 36.4 Å².